The topological polar surface area (TPSA) is 86.7 Å². The second-order valence-electron chi connectivity index (χ2n) is 3.86. The predicted octanol–water partition coefficient (Wildman–Crippen LogP) is 1.68. The van der Waals surface area contributed by atoms with Crippen LogP contribution in [0.25, 0.3) is 16.7 Å². The van der Waals surface area contributed by atoms with Crippen molar-refractivity contribution in [3.8, 4) is 5.69 Å². The van der Waals surface area contributed by atoms with Gasteiger partial charge in [-0.15, -0.1) is 0 Å². The highest BCUT2D eigenvalue weighted by atomic mass is 79.9. The highest BCUT2D eigenvalue weighted by Crippen LogP contribution is 2.20. The van der Waals surface area contributed by atoms with E-state index >= 15 is 0 Å². The van der Waals surface area contributed by atoms with Crippen molar-refractivity contribution in [2.75, 3.05) is 0 Å². The van der Waals surface area contributed by atoms with E-state index in [0.29, 0.717) is 5.52 Å². The Morgan fingerprint density at radius 3 is 2.89 bits per heavy atom. The summed E-state index contributed by atoms with van der Waals surface area (Å²) in [5.74, 6) is -0.562. The summed E-state index contributed by atoms with van der Waals surface area (Å²) in [6.45, 7) is 0. The number of pyridine rings is 2. The molecule has 0 saturated carbocycles. The molecule has 1 amide bonds. The first-order valence-corrected chi connectivity index (χ1v) is 6.20. The van der Waals surface area contributed by atoms with Gasteiger partial charge < -0.3 is 5.73 Å². The number of hydrogen-bond acceptors (Lipinski definition) is 4. The van der Waals surface area contributed by atoms with Gasteiger partial charge in [-0.2, -0.15) is 5.10 Å². The summed E-state index contributed by atoms with van der Waals surface area (Å²) in [5, 5.41) is 4.12. The van der Waals surface area contributed by atoms with Crippen LogP contribution in [-0.2, 0) is 0 Å². The first-order valence-electron chi connectivity index (χ1n) is 5.41. The number of fused-ring (bicyclic) bond motifs is 1. The van der Waals surface area contributed by atoms with Crippen molar-refractivity contribution in [1.82, 2.24) is 19.7 Å². The van der Waals surface area contributed by atoms with Gasteiger partial charge in [-0.05, 0) is 34.1 Å². The van der Waals surface area contributed by atoms with Gasteiger partial charge in [0.15, 0.2) is 0 Å². The zero-order valence-corrected chi connectivity index (χ0v) is 11.2. The molecule has 0 aromatic carbocycles. The molecule has 0 fully saturated rings. The summed E-state index contributed by atoms with van der Waals surface area (Å²) in [5.41, 5.74) is 7.58. The summed E-state index contributed by atoms with van der Waals surface area (Å²) in [7, 11) is 0. The number of hydrogen-bond donors (Lipinski definition) is 1. The Morgan fingerprint density at radius 1 is 1.32 bits per heavy atom. The second-order valence-corrected chi connectivity index (χ2v) is 4.78. The average molecular weight is 318 g/mol. The summed E-state index contributed by atoms with van der Waals surface area (Å²) in [4.78, 5) is 19.6. The van der Waals surface area contributed by atoms with Gasteiger partial charge in [0.25, 0.3) is 5.91 Å². The smallest absolute Gasteiger partial charge is 0.269 e. The van der Waals surface area contributed by atoms with E-state index in [2.05, 4.69) is 31.0 Å². The van der Waals surface area contributed by atoms with Crippen LogP contribution in [0.15, 0.2) is 41.3 Å². The monoisotopic (exact) mass is 317 g/mol. The molecular formula is C12H8BrN5O. The van der Waals surface area contributed by atoms with E-state index in [1.54, 1.807) is 35.4 Å². The van der Waals surface area contributed by atoms with E-state index in [1.807, 2.05) is 6.07 Å². The number of nitrogens with zero attached hydrogens (tertiary/aromatic N) is 4. The maximum absolute atomic E-state index is 11.1. The zero-order chi connectivity index (χ0) is 13.4. The zero-order valence-electron chi connectivity index (χ0n) is 9.62. The molecule has 2 N–H and O–H groups in total. The molecule has 0 aliphatic rings. The first kappa shape index (κ1) is 11.8. The summed E-state index contributed by atoms with van der Waals surface area (Å²) in [6, 6.07) is 5.21. The number of amides is 1. The molecule has 0 spiro atoms. The molecule has 0 aliphatic carbocycles. The van der Waals surface area contributed by atoms with Crippen LogP contribution in [0.2, 0.25) is 0 Å². The van der Waals surface area contributed by atoms with E-state index in [1.165, 1.54) is 0 Å². The van der Waals surface area contributed by atoms with Gasteiger partial charge in [0.05, 0.1) is 11.2 Å². The van der Waals surface area contributed by atoms with Crippen molar-refractivity contribution >= 4 is 32.9 Å². The lowest BCUT2D eigenvalue weighted by molar-refractivity contribution is 0.0995. The third-order valence-electron chi connectivity index (χ3n) is 2.61. The lowest BCUT2D eigenvalue weighted by Crippen LogP contribution is -2.12. The van der Waals surface area contributed by atoms with Gasteiger partial charge in [-0.3, -0.25) is 14.8 Å². The van der Waals surface area contributed by atoms with Crippen LogP contribution in [0.4, 0.5) is 0 Å². The third kappa shape index (κ3) is 2.08. The lowest BCUT2D eigenvalue weighted by Gasteiger charge is -2.05. The highest BCUT2D eigenvalue weighted by molar-refractivity contribution is 9.10. The van der Waals surface area contributed by atoms with E-state index in [-0.39, 0.29) is 5.69 Å². The van der Waals surface area contributed by atoms with Crippen LogP contribution in [0.3, 0.4) is 0 Å². The summed E-state index contributed by atoms with van der Waals surface area (Å²) >= 11 is 3.35. The molecule has 0 saturated heterocycles. The number of nitrogens with two attached hydrogens (primary N) is 1. The molecule has 0 aliphatic heterocycles. The fourth-order valence-corrected chi connectivity index (χ4v) is 2.09. The van der Waals surface area contributed by atoms with E-state index in [9.17, 15) is 4.79 Å². The quantitative estimate of drug-likeness (QED) is 0.779. The van der Waals surface area contributed by atoms with Crippen molar-refractivity contribution < 1.29 is 4.79 Å². The molecule has 3 aromatic rings. The minimum Gasteiger partial charge on any atom is -0.364 e. The van der Waals surface area contributed by atoms with Gasteiger partial charge in [-0.1, -0.05) is 0 Å². The molecule has 0 unspecified atom stereocenters. The van der Waals surface area contributed by atoms with E-state index < -0.39 is 5.91 Å². The van der Waals surface area contributed by atoms with Crippen molar-refractivity contribution in [2.24, 2.45) is 5.73 Å². The largest absolute Gasteiger partial charge is 0.364 e. The van der Waals surface area contributed by atoms with Crippen LogP contribution in [0.5, 0.6) is 0 Å². The van der Waals surface area contributed by atoms with E-state index in [4.69, 9.17) is 5.73 Å². The third-order valence-corrected chi connectivity index (χ3v) is 3.04. The minimum absolute atomic E-state index is 0.210. The molecule has 3 aromatic heterocycles. The Hall–Kier alpha value is -2.28. The molecule has 3 heterocycles. The van der Waals surface area contributed by atoms with Gasteiger partial charge >= 0.3 is 0 Å². The number of primary amides is 1. The van der Waals surface area contributed by atoms with Crippen molar-refractivity contribution in [1.29, 1.82) is 0 Å². The second kappa shape index (κ2) is 4.43. The Labute approximate surface area is 116 Å². The number of halogens is 1. The van der Waals surface area contributed by atoms with Gasteiger partial charge in [0, 0.05) is 23.1 Å². The molecule has 19 heavy (non-hydrogen) atoms. The Bertz CT molecular complexity index is 783. The molecule has 6 nitrogen and oxygen atoms in total. The standard InChI is InChI=1S/C12H8BrN5O/c13-7-5-9-11(16-6-7)10(1-3-15-9)18-4-2-8(17-18)12(14)19/h1-6H,(H2,14,19). The number of carbonyl (C=O) groups excluding carboxylic acids is 1. The number of rotatable bonds is 2. The Morgan fingerprint density at radius 2 is 2.16 bits per heavy atom. The summed E-state index contributed by atoms with van der Waals surface area (Å²) < 4.78 is 2.41. The summed E-state index contributed by atoms with van der Waals surface area (Å²) in [6.07, 6.45) is 5.02. The molecule has 7 heteroatoms. The Balaban J connectivity index is 2.21. The van der Waals surface area contributed by atoms with E-state index in [0.717, 1.165) is 15.7 Å². The lowest BCUT2D eigenvalue weighted by atomic mass is 10.3. The first-order chi connectivity index (χ1) is 9.15. The molecular weight excluding hydrogens is 310 g/mol. The fraction of sp³-hybridized carbons (Fsp3) is 0. The molecule has 3 rings (SSSR count). The highest BCUT2D eigenvalue weighted by Gasteiger charge is 2.10. The van der Waals surface area contributed by atoms with Gasteiger partial charge in [-0.25, -0.2) is 4.68 Å². The SMILES string of the molecule is NC(=O)c1ccn(-c2ccnc3cc(Br)cnc23)n1. The predicted molar refractivity (Wildman–Crippen MR) is 72.9 cm³/mol. The van der Waals surface area contributed by atoms with Gasteiger partial charge in [0.1, 0.15) is 11.2 Å². The maximum Gasteiger partial charge on any atom is 0.269 e. The Kier molecular flexibility index (Phi) is 2.75. The van der Waals surface area contributed by atoms with Crippen LogP contribution in [0, 0.1) is 0 Å². The number of carbonyl (C=O) groups is 1. The van der Waals surface area contributed by atoms with Crippen LogP contribution in [0.1, 0.15) is 10.5 Å². The van der Waals surface area contributed by atoms with Crippen molar-refractivity contribution in [3.05, 3.63) is 47.0 Å². The van der Waals surface area contributed by atoms with Crippen molar-refractivity contribution in [3.63, 3.8) is 0 Å². The average Bonchev–Trinajstić information content (AvgIpc) is 2.87. The molecule has 0 atom stereocenters. The van der Waals surface area contributed by atoms with Crippen LogP contribution < -0.4 is 5.73 Å². The molecule has 0 bridgehead atoms. The van der Waals surface area contributed by atoms with Crippen molar-refractivity contribution in [2.45, 2.75) is 0 Å². The number of aromatic nitrogens is 4. The molecule has 0 radical (unpaired) electrons. The minimum atomic E-state index is -0.562. The van der Waals surface area contributed by atoms with Crippen LogP contribution in [-0.4, -0.2) is 25.7 Å². The normalized spacial score (nSPS) is 10.8. The fourth-order valence-electron chi connectivity index (χ4n) is 1.77. The molecule has 94 valence electrons. The van der Waals surface area contributed by atoms with Crippen LogP contribution >= 0.6 is 15.9 Å². The van der Waals surface area contributed by atoms with Gasteiger partial charge in [0.2, 0.25) is 0 Å². The maximum atomic E-state index is 11.1.